The van der Waals surface area contributed by atoms with Crippen LogP contribution in [0.25, 0.3) is 10.9 Å². The van der Waals surface area contributed by atoms with Crippen LogP contribution in [-0.4, -0.2) is 23.0 Å². The number of fused-ring (bicyclic) bond motifs is 1. The van der Waals surface area contributed by atoms with E-state index in [0.29, 0.717) is 6.54 Å². The molecule has 108 valence electrons. The molecule has 2 heterocycles. The third-order valence-electron chi connectivity index (χ3n) is 3.88. The van der Waals surface area contributed by atoms with Crippen molar-refractivity contribution in [2.75, 3.05) is 13.1 Å². The Morgan fingerprint density at radius 2 is 2.29 bits per heavy atom. The second-order valence-corrected chi connectivity index (χ2v) is 5.92. The van der Waals surface area contributed by atoms with Gasteiger partial charge in [-0.2, -0.15) is 5.26 Å². The van der Waals surface area contributed by atoms with Crippen LogP contribution in [0.15, 0.2) is 30.6 Å². The summed E-state index contributed by atoms with van der Waals surface area (Å²) in [5.41, 5.74) is 3.25. The molecule has 1 aliphatic rings. The predicted octanol–water partition coefficient (Wildman–Crippen LogP) is 3.15. The van der Waals surface area contributed by atoms with Crippen LogP contribution in [0.1, 0.15) is 11.3 Å². The van der Waals surface area contributed by atoms with Crippen LogP contribution < -0.4 is 5.32 Å². The molecule has 3 rings (SSSR count). The van der Waals surface area contributed by atoms with E-state index < -0.39 is 0 Å². The Hall–Kier alpha value is -2.12. The minimum Gasteiger partial charge on any atom is -0.367 e. The first kappa shape index (κ1) is 13.8. The van der Waals surface area contributed by atoms with Crippen molar-refractivity contribution in [3.8, 4) is 6.07 Å². The van der Waals surface area contributed by atoms with E-state index in [0.717, 1.165) is 46.1 Å². The van der Waals surface area contributed by atoms with Crippen LogP contribution >= 0.6 is 11.6 Å². The highest BCUT2D eigenvalue weighted by molar-refractivity contribution is 6.32. The molecule has 1 aromatic heterocycles. The third-order valence-corrected chi connectivity index (χ3v) is 4.29. The average Bonchev–Trinajstić information content (AvgIpc) is 2.77. The molecule has 0 radical (unpaired) electrons. The Bertz CT molecular complexity index is 696. The number of hydrogen-bond donors (Lipinski definition) is 2. The number of nitrogens with zero attached hydrogens (tertiary/aromatic N) is 2. The van der Waals surface area contributed by atoms with Crippen LogP contribution in [0.5, 0.6) is 0 Å². The molecule has 1 saturated heterocycles. The molecule has 5 heteroatoms. The largest absolute Gasteiger partial charge is 0.367 e. The maximum Gasteiger partial charge on any atom is 0.0942 e. The zero-order chi connectivity index (χ0) is 15.0. The Morgan fingerprint density at radius 3 is 3.00 bits per heavy atom. The van der Waals surface area contributed by atoms with Gasteiger partial charge in [-0.1, -0.05) is 18.2 Å². The molecule has 2 N–H and O–H groups in total. The van der Waals surface area contributed by atoms with Crippen molar-refractivity contribution in [2.45, 2.75) is 13.5 Å². The van der Waals surface area contributed by atoms with Crippen molar-refractivity contribution in [3.05, 3.63) is 46.9 Å². The van der Waals surface area contributed by atoms with Gasteiger partial charge in [0.2, 0.25) is 0 Å². The molecule has 1 aromatic carbocycles. The summed E-state index contributed by atoms with van der Waals surface area (Å²) >= 11 is 6.14. The first-order valence-corrected chi connectivity index (χ1v) is 7.29. The summed E-state index contributed by atoms with van der Waals surface area (Å²) in [6, 6.07) is 8.39. The van der Waals surface area contributed by atoms with Gasteiger partial charge in [0.15, 0.2) is 0 Å². The summed E-state index contributed by atoms with van der Waals surface area (Å²) in [6.07, 6.45) is 0. The average molecular weight is 301 g/mol. The quantitative estimate of drug-likeness (QED) is 0.912. The van der Waals surface area contributed by atoms with Gasteiger partial charge in [-0.05, 0) is 30.7 Å². The highest BCUT2D eigenvalue weighted by Gasteiger charge is 2.27. The van der Waals surface area contributed by atoms with E-state index in [9.17, 15) is 0 Å². The zero-order valence-corrected chi connectivity index (χ0v) is 12.7. The Labute approximate surface area is 129 Å². The molecule has 21 heavy (non-hydrogen) atoms. The summed E-state index contributed by atoms with van der Waals surface area (Å²) in [4.78, 5) is 5.46. The van der Waals surface area contributed by atoms with E-state index in [1.54, 1.807) is 0 Å². The van der Waals surface area contributed by atoms with Gasteiger partial charge >= 0.3 is 0 Å². The van der Waals surface area contributed by atoms with Crippen molar-refractivity contribution in [1.82, 2.24) is 15.2 Å². The number of aromatic nitrogens is 1. The van der Waals surface area contributed by atoms with Crippen molar-refractivity contribution in [2.24, 2.45) is 5.92 Å². The summed E-state index contributed by atoms with van der Waals surface area (Å²) in [7, 11) is 0. The van der Waals surface area contributed by atoms with E-state index in [4.69, 9.17) is 16.9 Å². The van der Waals surface area contributed by atoms with Crippen LogP contribution in [0.2, 0.25) is 5.02 Å². The number of hydrogen-bond acceptors (Lipinski definition) is 3. The normalized spacial score (nSPS) is 14.8. The number of aromatic amines is 1. The topological polar surface area (TPSA) is 54.9 Å². The fraction of sp³-hybridized carbons (Fsp3) is 0.312. The maximum atomic E-state index is 8.78. The van der Waals surface area contributed by atoms with Crippen LogP contribution in [0.4, 0.5) is 0 Å². The molecule has 0 bridgehead atoms. The highest BCUT2D eigenvalue weighted by atomic mass is 35.5. The molecule has 0 atom stereocenters. The molecule has 0 spiro atoms. The number of likely N-dealkylation sites (tertiary alicyclic amines) is 1. The summed E-state index contributed by atoms with van der Waals surface area (Å²) in [6.45, 7) is 8.22. The lowest BCUT2D eigenvalue weighted by Crippen LogP contribution is -2.47. The molecule has 0 saturated carbocycles. The lowest BCUT2D eigenvalue weighted by Gasteiger charge is -2.38. The standard InChI is InChI=1S/C16H17ClN4/c1-10-3-16-13(5-15(10)17)4-14(20-16)7-19-11(2)21-8-12(6-18)9-21/h3-5,12,19-20H,2,7-9H2,1H3. The van der Waals surface area contributed by atoms with Crippen molar-refractivity contribution in [3.63, 3.8) is 0 Å². The predicted molar refractivity (Wildman–Crippen MR) is 84.7 cm³/mol. The van der Waals surface area contributed by atoms with Gasteiger partial charge in [0.25, 0.3) is 0 Å². The fourth-order valence-corrected chi connectivity index (χ4v) is 2.68. The molecule has 1 aliphatic heterocycles. The summed E-state index contributed by atoms with van der Waals surface area (Å²) in [5, 5.41) is 14.0. The van der Waals surface area contributed by atoms with E-state index >= 15 is 0 Å². The molecule has 2 aromatic rings. The fourth-order valence-electron chi connectivity index (χ4n) is 2.51. The first-order valence-electron chi connectivity index (χ1n) is 6.92. The highest BCUT2D eigenvalue weighted by Crippen LogP contribution is 2.24. The monoisotopic (exact) mass is 300 g/mol. The summed E-state index contributed by atoms with van der Waals surface area (Å²) < 4.78 is 0. The molecule has 1 fully saturated rings. The minimum absolute atomic E-state index is 0.141. The van der Waals surface area contributed by atoms with Crippen LogP contribution in [-0.2, 0) is 6.54 Å². The van der Waals surface area contributed by atoms with E-state index in [1.807, 2.05) is 13.0 Å². The lowest BCUT2D eigenvalue weighted by atomic mass is 10.0. The smallest absolute Gasteiger partial charge is 0.0942 e. The number of halogens is 1. The van der Waals surface area contributed by atoms with E-state index in [2.05, 4.69) is 40.0 Å². The number of aryl methyl sites for hydroxylation is 1. The molecule has 0 unspecified atom stereocenters. The van der Waals surface area contributed by atoms with Crippen molar-refractivity contribution in [1.29, 1.82) is 5.26 Å². The van der Waals surface area contributed by atoms with Gasteiger partial charge < -0.3 is 15.2 Å². The Balaban J connectivity index is 1.63. The maximum absolute atomic E-state index is 8.78. The second-order valence-electron chi connectivity index (χ2n) is 5.51. The van der Waals surface area contributed by atoms with Gasteiger partial charge in [-0.3, -0.25) is 0 Å². The van der Waals surface area contributed by atoms with Gasteiger partial charge in [0.05, 0.1) is 24.4 Å². The number of nitriles is 1. The Morgan fingerprint density at radius 1 is 1.52 bits per heavy atom. The van der Waals surface area contributed by atoms with Crippen LogP contribution in [0.3, 0.4) is 0 Å². The van der Waals surface area contributed by atoms with Gasteiger partial charge in [-0.15, -0.1) is 0 Å². The van der Waals surface area contributed by atoms with E-state index in [-0.39, 0.29) is 5.92 Å². The minimum atomic E-state index is 0.141. The van der Waals surface area contributed by atoms with Gasteiger partial charge in [0, 0.05) is 34.7 Å². The van der Waals surface area contributed by atoms with Crippen LogP contribution in [0, 0.1) is 24.2 Å². The molecule has 0 amide bonds. The van der Waals surface area contributed by atoms with Crippen molar-refractivity contribution < 1.29 is 0 Å². The lowest BCUT2D eigenvalue weighted by molar-refractivity contribution is 0.171. The molecule has 4 nitrogen and oxygen atoms in total. The van der Waals surface area contributed by atoms with E-state index in [1.165, 1.54) is 0 Å². The second kappa shape index (κ2) is 5.34. The zero-order valence-electron chi connectivity index (χ0n) is 11.9. The first-order chi connectivity index (χ1) is 10.1. The third kappa shape index (κ3) is 2.70. The number of rotatable bonds is 4. The molecule has 0 aliphatic carbocycles. The van der Waals surface area contributed by atoms with Crippen molar-refractivity contribution >= 4 is 22.5 Å². The Kier molecular flexibility index (Phi) is 3.52. The van der Waals surface area contributed by atoms with Gasteiger partial charge in [-0.25, -0.2) is 0 Å². The SMILES string of the molecule is C=C(NCc1cc2cc(Cl)c(C)cc2[nH]1)N1CC(C#N)C1. The number of benzene rings is 1. The van der Waals surface area contributed by atoms with Gasteiger partial charge in [0.1, 0.15) is 0 Å². The summed E-state index contributed by atoms with van der Waals surface area (Å²) in [5.74, 6) is 1.01. The number of H-pyrrole nitrogens is 1. The molecular weight excluding hydrogens is 284 g/mol. The molecular formula is C16H17ClN4. The number of nitrogens with one attached hydrogen (secondary N) is 2.